The Kier molecular flexibility index (Phi) is 59.2. The van der Waals surface area contributed by atoms with Crippen molar-refractivity contribution in [2.24, 2.45) is 5.92 Å². The fraction of sp³-hybridized carbons (Fsp3) is 0.940. The normalized spacial score (nSPS) is 14.2. The van der Waals surface area contributed by atoms with Crippen LogP contribution in [0.1, 0.15) is 343 Å². The Morgan fingerprint density at radius 2 is 0.535 bits per heavy atom. The standard InChI is InChI=1S/C67H130O17P2/c1-6-9-12-15-18-21-23-24-25-28-32-36-41-46-51-65(70)78-57-63(84-67(72)53-48-43-38-33-29-26-27-30-34-39-44-49-60(4)5)59-82-86(75,76)80-55-61(68)54-79-85(73,74)81-58-62(56-77-64(69)50-45-40-35-20-17-14-11-8-3)83-66(71)52-47-42-37-31-22-19-16-13-10-7-2/h60-63,68H,6-59H2,1-5H3,(H,73,74)(H,75,76)/t61-,62+,63+/m0/s1. The topological polar surface area (TPSA) is 237 Å². The van der Waals surface area contributed by atoms with Gasteiger partial charge in [0.1, 0.15) is 19.3 Å². The molecule has 0 aliphatic carbocycles. The van der Waals surface area contributed by atoms with Crippen LogP contribution >= 0.6 is 15.6 Å². The van der Waals surface area contributed by atoms with Gasteiger partial charge in [-0.3, -0.25) is 37.3 Å². The summed E-state index contributed by atoms with van der Waals surface area (Å²) in [6, 6.07) is 0. The number of carbonyl (C=O) groups is 4. The number of carbonyl (C=O) groups excluding carboxylic acids is 4. The van der Waals surface area contributed by atoms with Crippen molar-refractivity contribution in [1.82, 2.24) is 0 Å². The summed E-state index contributed by atoms with van der Waals surface area (Å²) in [5.74, 6) is -1.36. The maximum absolute atomic E-state index is 13.0. The number of ether oxygens (including phenoxy) is 4. The zero-order chi connectivity index (χ0) is 63.5. The Hall–Kier alpha value is -1.94. The molecule has 3 N–H and O–H groups in total. The molecule has 0 aromatic rings. The third kappa shape index (κ3) is 60.9. The zero-order valence-electron chi connectivity index (χ0n) is 55.4. The fourth-order valence-electron chi connectivity index (χ4n) is 10.1. The zero-order valence-corrected chi connectivity index (χ0v) is 57.2. The highest BCUT2D eigenvalue weighted by atomic mass is 31.2. The van der Waals surface area contributed by atoms with Crippen LogP contribution in [0.3, 0.4) is 0 Å². The minimum absolute atomic E-state index is 0.106. The third-order valence-electron chi connectivity index (χ3n) is 15.5. The first-order chi connectivity index (χ1) is 41.5. The molecule has 0 saturated heterocycles. The summed E-state index contributed by atoms with van der Waals surface area (Å²) < 4.78 is 68.1. The van der Waals surface area contributed by atoms with Crippen LogP contribution in [0.25, 0.3) is 0 Å². The number of rotatable bonds is 67. The second-order valence-corrected chi connectivity index (χ2v) is 27.6. The molecular formula is C67H130O17P2. The fourth-order valence-corrected chi connectivity index (χ4v) is 11.7. The second-order valence-electron chi connectivity index (χ2n) is 24.7. The first-order valence-electron chi connectivity index (χ1n) is 35.1. The van der Waals surface area contributed by atoms with E-state index in [9.17, 15) is 43.2 Å². The Balaban J connectivity index is 5.22. The highest BCUT2D eigenvalue weighted by Crippen LogP contribution is 2.45. The van der Waals surface area contributed by atoms with E-state index in [1.165, 1.54) is 161 Å². The van der Waals surface area contributed by atoms with Crippen LogP contribution in [-0.2, 0) is 65.4 Å². The first kappa shape index (κ1) is 84.1. The largest absolute Gasteiger partial charge is 0.472 e. The van der Waals surface area contributed by atoms with Crippen molar-refractivity contribution < 1.29 is 80.2 Å². The van der Waals surface area contributed by atoms with E-state index in [2.05, 4.69) is 34.6 Å². The number of hydrogen-bond acceptors (Lipinski definition) is 15. The van der Waals surface area contributed by atoms with Crippen molar-refractivity contribution in [3.63, 3.8) is 0 Å². The van der Waals surface area contributed by atoms with E-state index in [0.29, 0.717) is 25.7 Å². The average molecular weight is 1270 g/mol. The lowest BCUT2D eigenvalue weighted by atomic mass is 10.0. The molecule has 510 valence electrons. The predicted octanol–water partition coefficient (Wildman–Crippen LogP) is 19.0. The van der Waals surface area contributed by atoms with Crippen molar-refractivity contribution in [2.75, 3.05) is 39.6 Å². The van der Waals surface area contributed by atoms with Crippen LogP contribution in [0, 0.1) is 5.92 Å². The summed E-state index contributed by atoms with van der Waals surface area (Å²) in [5.41, 5.74) is 0. The van der Waals surface area contributed by atoms with Crippen molar-refractivity contribution in [3.8, 4) is 0 Å². The summed E-state index contributed by atoms with van der Waals surface area (Å²) in [5, 5.41) is 10.6. The van der Waals surface area contributed by atoms with Gasteiger partial charge >= 0.3 is 39.5 Å². The molecule has 0 spiro atoms. The molecule has 0 amide bonds. The van der Waals surface area contributed by atoms with Crippen molar-refractivity contribution in [1.29, 1.82) is 0 Å². The summed E-state index contributed by atoms with van der Waals surface area (Å²) >= 11 is 0. The van der Waals surface area contributed by atoms with E-state index in [1.54, 1.807) is 0 Å². The van der Waals surface area contributed by atoms with E-state index in [0.717, 1.165) is 102 Å². The molecule has 0 bridgehead atoms. The van der Waals surface area contributed by atoms with E-state index in [1.807, 2.05) is 0 Å². The number of unbranched alkanes of at least 4 members (excludes halogenated alkanes) is 39. The van der Waals surface area contributed by atoms with Crippen molar-refractivity contribution in [2.45, 2.75) is 361 Å². The summed E-state index contributed by atoms with van der Waals surface area (Å²) in [7, 11) is -9.89. The minimum atomic E-state index is -4.95. The molecule has 0 aliphatic heterocycles. The summed E-state index contributed by atoms with van der Waals surface area (Å²) in [4.78, 5) is 72.3. The molecule has 0 rings (SSSR count). The molecule has 0 aromatic heterocycles. The van der Waals surface area contributed by atoms with Gasteiger partial charge in [-0.05, 0) is 31.6 Å². The molecule has 0 aliphatic rings. The van der Waals surface area contributed by atoms with Gasteiger partial charge in [0.05, 0.1) is 26.4 Å². The van der Waals surface area contributed by atoms with Gasteiger partial charge in [-0.25, -0.2) is 9.13 Å². The first-order valence-corrected chi connectivity index (χ1v) is 38.1. The molecule has 0 heterocycles. The molecule has 17 nitrogen and oxygen atoms in total. The van der Waals surface area contributed by atoms with E-state index in [-0.39, 0.29) is 25.7 Å². The lowest BCUT2D eigenvalue weighted by Crippen LogP contribution is -2.30. The van der Waals surface area contributed by atoms with E-state index in [4.69, 9.17) is 37.0 Å². The monoisotopic (exact) mass is 1270 g/mol. The summed E-state index contributed by atoms with van der Waals surface area (Å²) in [6.07, 6.45) is 45.7. The number of aliphatic hydroxyl groups excluding tert-OH is 1. The average Bonchev–Trinajstić information content (AvgIpc) is 3.68. The molecule has 0 fully saturated rings. The van der Waals surface area contributed by atoms with Gasteiger partial charge in [0, 0.05) is 25.7 Å². The maximum Gasteiger partial charge on any atom is 0.472 e. The number of phosphoric ester groups is 2. The number of aliphatic hydroxyl groups is 1. The van der Waals surface area contributed by atoms with Crippen molar-refractivity contribution >= 4 is 39.5 Å². The Morgan fingerprint density at radius 3 is 0.791 bits per heavy atom. The van der Waals surface area contributed by atoms with Crippen LogP contribution in [0.4, 0.5) is 0 Å². The van der Waals surface area contributed by atoms with Gasteiger partial charge in [0.15, 0.2) is 12.2 Å². The van der Waals surface area contributed by atoms with Gasteiger partial charge in [-0.1, -0.05) is 291 Å². The highest BCUT2D eigenvalue weighted by Gasteiger charge is 2.30. The smallest absolute Gasteiger partial charge is 0.462 e. The molecule has 2 unspecified atom stereocenters. The van der Waals surface area contributed by atoms with Crippen LogP contribution in [0.2, 0.25) is 0 Å². The predicted molar refractivity (Wildman–Crippen MR) is 345 cm³/mol. The molecule has 0 aromatic carbocycles. The molecule has 19 heteroatoms. The van der Waals surface area contributed by atoms with E-state index >= 15 is 0 Å². The van der Waals surface area contributed by atoms with Gasteiger partial charge in [-0.15, -0.1) is 0 Å². The Morgan fingerprint density at radius 1 is 0.314 bits per heavy atom. The van der Waals surface area contributed by atoms with Gasteiger partial charge < -0.3 is 33.8 Å². The molecule has 0 radical (unpaired) electrons. The van der Waals surface area contributed by atoms with Gasteiger partial charge in [-0.2, -0.15) is 0 Å². The lowest BCUT2D eigenvalue weighted by molar-refractivity contribution is -0.161. The van der Waals surface area contributed by atoms with E-state index < -0.39 is 97.5 Å². The quantitative estimate of drug-likeness (QED) is 0.0222. The van der Waals surface area contributed by atoms with Crippen LogP contribution in [0.15, 0.2) is 0 Å². The minimum Gasteiger partial charge on any atom is -0.462 e. The van der Waals surface area contributed by atoms with Crippen LogP contribution in [-0.4, -0.2) is 96.7 Å². The summed E-state index contributed by atoms with van der Waals surface area (Å²) in [6.45, 7) is 7.19. The molecule has 0 saturated carbocycles. The second kappa shape index (κ2) is 60.6. The Labute approximate surface area is 524 Å². The van der Waals surface area contributed by atoms with Crippen LogP contribution in [0.5, 0.6) is 0 Å². The van der Waals surface area contributed by atoms with Crippen LogP contribution < -0.4 is 0 Å². The van der Waals surface area contributed by atoms with Gasteiger partial charge in [0.2, 0.25) is 0 Å². The maximum atomic E-state index is 13.0. The number of esters is 4. The molecule has 86 heavy (non-hydrogen) atoms. The molecule has 5 atom stereocenters. The molecular weight excluding hydrogens is 1140 g/mol. The van der Waals surface area contributed by atoms with Crippen molar-refractivity contribution in [3.05, 3.63) is 0 Å². The SMILES string of the molecule is CCCCCCCCCCCCCCCCC(=O)OC[C@H](COP(=O)(O)OC[C@@H](O)COP(=O)(O)OC[C@@H](COC(=O)CCCCCCCCCC)OC(=O)CCCCCCCCCCCC)OC(=O)CCCCCCCCCCCCCC(C)C. The van der Waals surface area contributed by atoms with Gasteiger partial charge in [0.25, 0.3) is 0 Å². The number of hydrogen-bond donors (Lipinski definition) is 3. The lowest BCUT2D eigenvalue weighted by Gasteiger charge is -2.21. The third-order valence-corrected chi connectivity index (χ3v) is 17.4. The Bertz CT molecular complexity index is 1670. The number of phosphoric acid groups is 2. The highest BCUT2D eigenvalue weighted by molar-refractivity contribution is 7.47.